The van der Waals surface area contributed by atoms with E-state index in [1.54, 1.807) is 38.5 Å². The van der Waals surface area contributed by atoms with Gasteiger partial charge in [-0.2, -0.15) is 0 Å². The van der Waals surface area contributed by atoms with Gasteiger partial charge in [-0.1, -0.05) is 39.0 Å². The molecular formula is C21H38N+. The van der Waals surface area contributed by atoms with Gasteiger partial charge in [0.25, 0.3) is 0 Å². The summed E-state index contributed by atoms with van der Waals surface area (Å²) in [4.78, 5) is 2.05. The van der Waals surface area contributed by atoms with E-state index in [0.29, 0.717) is 0 Å². The highest BCUT2D eigenvalue weighted by Gasteiger charge is 2.46. The second-order valence-corrected chi connectivity index (χ2v) is 9.45. The molecule has 1 aliphatic heterocycles. The molecule has 7 atom stereocenters. The number of hydrogen-bond donors (Lipinski definition) is 1. The molecule has 3 saturated carbocycles. The molecular weight excluding hydrogens is 266 g/mol. The predicted molar refractivity (Wildman–Crippen MR) is 93.0 cm³/mol. The molecule has 1 N–H and O–H groups in total. The Labute approximate surface area is 138 Å². The monoisotopic (exact) mass is 304 g/mol. The lowest BCUT2D eigenvalue weighted by Crippen LogP contribution is -3.18. The molecule has 4 rings (SSSR count). The molecule has 0 aromatic carbocycles. The van der Waals surface area contributed by atoms with Gasteiger partial charge in [-0.3, -0.25) is 0 Å². The van der Waals surface area contributed by atoms with Gasteiger partial charge in [0.05, 0.1) is 19.1 Å². The highest BCUT2D eigenvalue weighted by Crippen LogP contribution is 2.45. The van der Waals surface area contributed by atoms with Crippen LogP contribution >= 0.6 is 0 Å². The van der Waals surface area contributed by atoms with Crippen molar-refractivity contribution < 1.29 is 4.90 Å². The second kappa shape index (κ2) is 6.83. The highest BCUT2D eigenvalue weighted by molar-refractivity contribution is 4.91. The minimum absolute atomic E-state index is 1.01. The quantitative estimate of drug-likeness (QED) is 0.784. The molecule has 4 aliphatic rings. The van der Waals surface area contributed by atoms with E-state index in [1.165, 1.54) is 51.6 Å². The molecule has 1 heteroatoms. The maximum absolute atomic E-state index is 2.49. The first-order valence-electron chi connectivity index (χ1n) is 10.7. The molecule has 3 aliphatic carbocycles. The molecule has 0 aromatic rings. The van der Waals surface area contributed by atoms with Crippen molar-refractivity contribution in [1.29, 1.82) is 0 Å². The molecule has 1 heterocycles. The van der Waals surface area contributed by atoms with Crippen molar-refractivity contribution in [2.75, 3.05) is 13.1 Å². The number of hydrogen-bond acceptors (Lipinski definition) is 0. The molecule has 126 valence electrons. The highest BCUT2D eigenvalue weighted by atomic mass is 15.2. The van der Waals surface area contributed by atoms with Crippen LogP contribution < -0.4 is 4.90 Å². The van der Waals surface area contributed by atoms with Gasteiger partial charge in [0.1, 0.15) is 0 Å². The third kappa shape index (κ3) is 3.12. The average Bonchev–Trinajstić information content (AvgIpc) is 2.55. The number of rotatable bonds is 2. The van der Waals surface area contributed by atoms with Crippen LogP contribution in [0.2, 0.25) is 0 Å². The molecule has 0 radical (unpaired) electrons. The van der Waals surface area contributed by atoms with Gasteiger partial charge in [0.15, 0.2) is 0 Å². The molecule has 0 bridgehead atoms. The third-order valence-corrected chi connectivity index (χ3v) is 8.04. The van der Waals surface area contributed by atoms with Crippen molar-refractivity contribution in [2.45, 2.75) is 90.0 Å². The summed E-state index contributed by atoms with van der Waals surface area (Å²) in [5, 5.41) is 0. The third-order valence-electron chi connectivity index (χ3n) is 8.04. The van der Waals surface area contributed by atoms with E-state index in [2.05, 4.69) is 11.8 Å². The largest absolute Gasteiger partial charge is 0.332 e. The summed E-state index contributed by atoms with van der Waals surface area (Å²) >= 11 is 0. The van der Waals surface area contributed by atoms with Crippen LogP contribution in [0.5, 0.6) is 0 Å². The Morgan fingerprint density at radius 1 is 0.773 bits per heavy atom. The summed E-state index contributed by atoms with van der Waals surface area (Å²) < 4.78 is 0. The van der Waals surface area contributed by atoms with Crippen LogP contribution in [0.15, 0.2) is 0 Å². The Morgan fingerprint density at radius 2 is 1.64 bits per heavy atom. The Kier molecular flexibility index (Phi) is 4.81. The van der Waals surface area contributed by atoms with Crippen LogP contribution in [-0.2, 0) is 0 Å². The van der Waals surface area contributed by atoms with E-state index in [0.717, 1.165) is 35.6 Å². The summed E-state index contributed by atoms with van der Waals surface area (Å²) in [5.41, 5.74) is 0. The first kappa shape index (κ1) is 15.5. The SMILES string of the molecule is CC1CCCC(C[NH+]2CCCC3C4CCCCC4CCC32)C1. The maximum atomic E-state index is 2.49. The normalized spacial score (nSPS) is 49.2. The minimum Gasteiger partial charge on any atom is -0.332 e. The van der Waals surface area contributed by atoms with Crippen LogP contribution in [-0.4, -0.2) is 19.1 Å². The predicted octanol–water partition coefficient (Wildman–Crippen LogP) is 4.08. The summed E-state index contributed by atoms with van der Waals surface area (Å²) in [5.74, 6) is 5.44. The first-order valence-corrected chi connectivity index (χ1v) is 10.7. The van der Waals surface area contributed by atoms with E-state index >= 15 is 0 Å². The average molecular weight is 305 g/mol. The van der Waals surface area contributed by atoms with Crippen LogP contribution in [0.1, 0.15) is 84.0 Å². The Morgan fingerprint density at radius 3 is 2.55 bits per heavy atom. The number of likely N-dealkylation sites (tertiary alicyclic amines) is 1. The molecule has 0 amide bonds. The number of quaternary nitrogens is 1. The number of fused-ring (bicyclic) bond motifs is 3. The minimum atomic E-state index is 1.01. The lowest BCUT2D eigenvalue weighted by Gasteiger charge is -2.50. The van der Waals surface area contributed by atoms with Crippen LogP contribution in [0.3, 0.4) is 0 Å². The van der Waals surface area contributed by atoms with Gasteiger partial charge in [-0.05, 0) is 62.7 Å². The van der Waals surface area contributed by atoms with Crippen LogP contribution in [0.4, 0.5) is 0 Å². The Balaban J connectivity index is 1.41. The lowest BCUT2D eigenvalue weighted by atomic mass is 9.61. The van der Waals surface area contributed by atoms with Crippen LogP contribution in [0, 0.1) is 29.6 Å². The van der Waals surface area contributed by atoms with Gasteiger partial charge in [-0.15, -0.1) is 0 Å². The lowest BCUT2D eigenvalue weighted by molar-refractivity contribution is -0.940. The van der Waals surface area contributed by atoms with E-state index in [9.17, 15) is 0 Å². The maximum Gasteiger partial charge on any atom is 0.0906 e. The molecule has 0 aromatic heterocycles. The topological polar surface area (TPSA) is 4.44 Å². The van der Waals surface area contributed by atoms with Crippen molar-refractivity contribution in [3.8, 4) is 0 Å². The molecule has 0 spiro atoms. The van der Waals surface area contributed by atoms with Crippen LogP contribution in [0.25, 0.3) is 0 Å². The van der Waals surface area contributed by atoms with Crippen molar-refractivity contribution in [2.24, 2.45) is 29.6 Å². The van der Waals surface area contributed by atoms with Gasteiger partial charge in [0, 0.05) is 11.8 Å². The zero-order chi connectivity index (χ0) is 14.9. The molecule has 4 fully saturated rings. The standard InChI is InChI=1S/C21H37N/c1-16-6-4-7-17(14-16)15-22-13-5-10-20-19-9-3-2-8-18(19)11-12-21(20)22/h16-21H,2-15H2,1H3/p+1. The zero-order valence-electron chi connectivity index (χ0n) is 14.9. The van der Waals surface area contributed by atoms with E-state index < -0.39 is 0 Å². The summed E-state index contributed by atoms with van der Waals surface area (Å²) in [6.45, 7) is 5.53. The summed E-state index contributed by atoms with van der Waals surface area (Å²) in [6.07, 6.45) is 18.6. The Hall–Kier alpha value is -0.0400. The smallest absolute Gasteiger partial charge is 0.0906 e. The molecule has 7 unspecified atom stereocenters. The summed E-state index contributed by atoms with van der Waals surface area (Å²) in [6, 6.07) is 1.06. The van der Waals surface area contributed by atoms with Crippen molar-refractivity contribution >= 4 is 0 Å². The summed E-state index contributed by atoms with van der Waals surface area (Å²) in [7, 11) is 0. The Bertz CT molecular complexity index is 365. The zero-order valence-corrected chi connectivity index (χ0v) is 14.9. The van der Waals surface area contributed by atoms with Gasteiger partial charge < -0.3 is 4.90 Å². The van der Waals surface area contributed by atoms with E-state index in [4.69, 9.17) is 0 Å². The van der Waals surface area contributed by atoms with Gasteiger partial charge in [0.2, 0.25) is 0 Å². The van der Waals surface area contributed by atoms with Crippen molar-refractivity contribution in [3.05, 3.63) is 0 Å². The van der Waals surface area contributed by atoms with Gasteiger partial charge in [-0.25, -0.2) is 0 Å². The fraction of sp³-hybridized carbons (Fsp3) is 1.00. The molecule has 1 saturated heterocycles. The number of piperidine rings is 1. The van der Waals surface area contributed by atoms with Crippen molar-refractivity contribution in [3.63, 3.8) is 0 Å². The fourth-order valence-electron chi connectivity index (χ4n) is 7.11. The number of nitrogens with one attached hydrogen (secondary N) is 1. The van der Waals surface area contributed by atoms with E-state index in [1.807, 2.05) is 0 Å². The second-order valence-electron chi connectivity index (χ2n) is 9.45. The fourth-order valence-corrected chi connectivity index (χ4v) is 7.11. The first-order chi connectivity index (χ1) is 10.8. The molecule has 1 nitrogen and oxygen atoms in total. The van der Waals surface area contributed by atoms with E-state index in [-0.39, 0.29) is 0 Å². The van der Waals surface area contributed by atoms with Gasteiger partial charge >= 0.3 is 0 Å². The van der Waals surface area contributed by atoms with Crippen molar-refractivity contribution in [1.82, 2.24) is 0 Å². The molecule has 22 heavy (non-hydrogen) atoms.